The highest BCUT2D eigenvalue weighted by Gasteiger charge is 2.16. The van der Waals surface area contributed by atoms with E-state index in [2.05, 4.69) is 158 Å². The topological polar surface area (TPSA) is 38.7 Å². The van der Waals surface area contributed by atoms with Crippen LogP contribution in [0.4, 0.5) is 0 Å². The number of benzene rings is 8. The lowest BCUT2D eigenvalue weighted by molar-refractivity contribution is 1.08. The van der Waals surface area contributed by atoms with Crippen LogP contribution >= 0.6 is 11.3 Å². The van der Waals surface area contributed by atoms with Gasteiger partial charge in [0.25, 0.3) is 0 Å². The van der Waals surface area contributed by atoms with Crippen molar-refractivity contribution < 1.29 is 0 Å². The van der Waals surface area contributed by atoms with Gasteiger partial charge in [-0.1, -0.05) is 133 Å². The summed E-state index contributed by atoms with van der Waals surface area (Å²) in [4.78, 5) is 15.4. The van der Waals surface area contributed by atoms with E-state index in [9.17, 15) is 0 Å². The molecule has 0 bridgehead atoms. The Morgan fingerprint density at radius 3 is 1.33 bits per heavy atom. The molecule has 4 heteroatoms. The number of hydrogen-bond acceptors (Lipinski definition) is 4. The predicted molar refractivity (Wildman–Crippen MR) is 207 cm³/mol. The Morgan fingerprint density at radius 1 is 0.265 bits per heavy atom. The summed E-state index contributed by atoms with van der Waals surface area (Å²) in [6, 6.07) is 58.0. The fourth-order valence-corrected chi connectivity index (χ4v) is 8.20. The molecule has 0 aliphatic carbocycles. The molecule has 8 aromatic carbocycles. The van der Waals surface area contributed by atoms with Gasteiger partial charge in [0.2, 0.25) is 0 Å². The van der Waals surface area contributed by atoms with Crippen LogP contribution in [0.15, 0.2) is 164 Å². The zero-order valence-electron chi connectivity index (χ0n) is 26.3. The molecular formula is C45H27N3S. The molecule has 0 aliphatic rings. The average Bonchev–Trinajstić information content (AvgIpc) is 3.56. The van der Waals surface area contributed by atoms with Gasteiger partial charge in [-0.15, -0.1) is 11.3 Å². The van der Waals surface area contributed by atoms with E-state index >= 15 is 0 Å². The maximum absolute atomic E-state index is 5.17. The van der Waals surface area contributed by atoms with Crippen molar-refractivity contribution in [1.82, 2.24) is 15.0 Å². The zero-order chi connectivity index (χ0) is 32.3. The van der Waals surface area contributed by atoms with Gasteiger partial charge in [-0.3, -0.25) is 0 Å². The molecular weight excluding hydrogens is 615 g/mol. The Kier molecular flexibility index (Phi) is 6.36. The highest BCUT2D eigenvalue weighted by Crippen LogP contribution is 2.39. The summed E-state index contributed by atoms with van der Waals surface area (Å²) in [5, 5.41) is 9.86. The molecule has 0 amide bonds. The monoisotopic (exact) mass is 641 g/mol. The minimum absolute atomic E-state index is 0.651. The van der Waals surface area contributed by atoms with Crippen LogP contribution in [0.3, 0.4) is 0 Å². The Morgan fingerprint density at radius 2 is 0.673 bits per heavy atom. The molecule has 2 aromatic heterocycles. The van der Waals surface area contributed by atoms with Crippen molar-refractivity contribution in [3.05, 3.63) is 164 Å². The molecule has 3 nitrogen and oxygen atoms in total. The van der Waals surface area contributed by atoms with E-state index in [1.807, 2.05) is 17.4 Å². The molecule has 0 radical (unpaired) electrons. The molecule has 0 spiro atoms. The third-order valence-corrected chi connectivity index (χ3v) is 10.7. The second kappa shape index (κ2) is 11.2. The largest absolute Gasteiger partial charge is 0.208 e. The molecule has 228 valence electrons. The highest BCUT2D eigenvalue weighted by atomic mass is 32.1. The first-order chi connectivity index (χ1) is 24.3. The molecule has 0 fully saturated rings. The highest BCUT2D eigenvalue weighted by molar-refractivity contribution is 7.25. The first kappa shape index (κ1) is 27.8. The molecule has 10 rings (SSSR count). The summed E-state index contributed by atoms with van der Waals surface area (Å²) in [6.07, 6.45) is 0. The molecule has 2 heterocycles. The third-order valence-electron chi connectivity index (χ3n) is 9.52. The van der Waals surface area contributed by atoms with Gasteiger partial charge < -0.3 is 0 Å². The molecule has 0 saturated heterocycles. The van der Waals surface area contributed by atoms with Gasteiger partial charge in [-0.2, -0.15) is 0 Å². The summed E-state index contributed by atoms with van der Waals surface area (Å²) in [6.45, 7) is 0. The van der Waals surface area contributed by atoms with Gasteiger partial charge in [0.05, 0.1) is 0 Å². The lowest BCUT2D eigenvalue weighted by Crippen LogP contribution is -2.00. The number of thiophene rings is 1. The van der Waals surface area contributed by atoms with E-state index in [4.69, 9.17) is 15.0 Å². The van der Waals surface area contributed by atoms with Gasteiger partial charge in [0.1, 0.15) is 0 Å². The van der Waals surface area contributed by atoms with E-state index in [1.165, 1.54) is 58.1 Å². The first-order valence-electron chi connectivity index (χ1n) is 16.4. The van der Waals surface area contributed by atoms with E-state index in [0.29, 0.717) is 17.5 Å². The van der Waals surface area contributed by atoms with E-state index < -0.39 is 0 Å². The van der Waals surface area contributed by atoms with Crippen molar-refractivity contribution in [3.63, 3.8) is 0 Å². The van der Waals surface area contributed by atoms with Gasteiger partial charge in [-0.25, -0.2) is 15.0 Å². The van der Waals surface area contributed by atoms with Gasteiger partial charge in [0, 0.05) is 36.9 Å². The molecule has 0 unspecified atom stereocenters. The Hall–Kier alpha value is -6.23. The number of hydrogen-bond donors (Lipinski definition) is 0. The number of rotatable bonds is 4. The van der Waals surface area contributed by atoms with Crippen LogP contribution in [0.2, 0.25) is 0 Å². The summed E-state index contributed by atoms with van der Waals surface area (Å²) >= 11 is 1.81. The fraction of sp³-hybridized carbons (Fsp3) is 0. The number of nitrogens with zero attached hydrogens (tertiary/aromatic N) is 3. The summed E-state index contributed by atoms with van der Waals surface area (Å²) in [5.41, 5.74) is 5.21. The molecule has 10 aromatic rings. The zero-order valence-corrected chi connectivity index (χ0v) is 27.2. The Labute approximate surface area is 286 Å². The maximum Gasteiger partial charge on any atom is 0.164 e. The smallest absolute Gasteiger partial charge is 0.164 e. The molecule has 0 atom stereocenters. The van der Waals surface area contributed by atoms with Gasteiger partial charge >= 0.3 is 0 Å². The lowest BCUT2D eigenvalue weighted by Gasteiger charge is -2.13. The van der Waals surface area contributed by atoms with Crippen LogP contribution in [0, 0.1) is 0 Å². The van der Waals surface area contributed by atoms with Crippen molar-refractivity contribution >= 4 is 63.8 Å². The minimum atomic E-state index is 0.651. The number of fused-ring (bicyclic) bond motifs is 9. The normalized spacial score (nSPS) is 11.7. The average molecular weight is 642 g/mol. The quantitative estimate of drug-likeness (QED) is 0.180. The standard InChI is InChI=1S/C45H27N3S/c1-2-10-28(11-3-1)29-18-20-30(21-19-29)43-46-44(48-45(47-43)32-23-25-42-40(27-32)38-16-8-9-17-41(38)49-42)31-22-24-37-35-14-5-4-12-33(35)34-13-6-7-15-36(34)39(37)26-31/h1-27H. The third kappa shape index (κ3) is 4.68. The molecule has 49 heavy (non-hydrogen) atoms. The van der Waals surface area contributed by atoms with Crippen molar-refractivity contribution in [1.29, 1.82) is 0 Å². The van der Waals surface area contributed by atoms with Crippen LogP contribution in [0.1, 0.15) is 0 Å². The summed E-state index contributed by atoms with van der Waals surface area (Å²) < 4.78 is 2.53. The van der Waals surface area contributed by atoms with Crippen molar-refractivity contribution in [2.45, 2.75) is 0 Å². The van der Waals surface area contributed by atoms with Gasteiger partial charge in [-0.05, 0) is 73.8 Å². The van der Waals surface area contributed by atoms with Crippen LogP contribution in [0.25, 0.3) is 97.8 Å². The van der Waals surface area contributed by atoms with E-state index in [1.54, 1.807) is 0 Å². The Bertz CT molecular complexity index is 2840. The maximum atomic E-state index is 5.17. The second-order valence-electron chi connectivity index (χ2n) is 12.4. The SMILES string of the molecule is c1ccc(-c2ccc(-c3nc(-c4ccc5sc6ccccc6c5c4)nc(-c4ccc5c6ccccc6c6ccccc6c5c4)n3)cc2)cc1. The second-order valence-corrected chi connectivity index (χ2v) is 13.5. The van der Waals surface area contributed by atoms with E-state index in [-0.39, 0.29) is 0 Å². The van der Waals surface area contributed by atoms with Crippen LogP contribution < -0.4 is 0 Å². The molecule has 0 saturated carbocycles. The predicted octanol–water partition coefficient (Wildman–Crippen LogP) is 12.4. The molecule has 0 aliphatic heterocycles. The van der Waals surface area contributed by atoms with E-state index in [0.717, 1.165) is 22.3 Å². The van der Waals surface area contributed by atoms with Crippen LogP contribution in [-0.2, 0) is 0 Å². The van der Waals surface area contributed by atoms with Crippen LogP contribution in [0.5, 0.6) is 0 Å². The van der Waals surface area contributed by atoms with Crippen molar-refractivity contribution in [2.75, 3.05) is 0 Å². The number of aromatic nitrogens is 3. The van der Waals surface area contributed by atoms with Crippen LogP contribution in [-0.4, -0.2) is 15.0 Å². The molecule has 0 N–H and O–H groups in total. The first-order valence-corrected chi connectivity index (χ1v) is 17.3. The Balaban J connectivity index is 1.18. The minimum Gasteiger partial charge on any atom is -0.208 e. The lowest BCUT2D eigenvalue weighted by atomic mass is 9.93. The van der Waals surface area contributed by atoms with Crippen molar-refractivity contribution in [3.8, 4) is 45.3 Å². The van der Waals surface area contributed by atoms with Crippen molar-refractivity contribution in [2.24, 2.45) is 0 Å². The summed E-state index contributed by atoms with van der Waals surface area (Å²) in [7, 11) is 0. The summed E-state index contributed by atoms with van der Waals surface area (Å²) in [5.74, 6) is 1.97. The fourth-order valence-electron chi connectivity index (χ4n) is 7.12. The van der Waals surface area contributed by atoms with Gasteiger partial charge in [0.15, 0.2) is 17.5 Å².